The number of methoxy groups -OCH3 is 1. The Morgan fingerprint density at radius 1 is 1.08 bits per heavy atom. The minimum absolute atomic E-state index is 0.129. The quantitative estimate of drug-likeness (QED) is 0.780. The molecule has 2 aromatic rings. The van der Waals surface area contributed by atoms with Crippen molar-refractivity contribution >= 4 is 11.8 Å². The Morgan fingerprint density at radius 3 is 2.54 bits per heavy atom. The van der Waals surface area contributed by atoms with Crippen molar-refractivity contribution in [3.63, 3.8) is 0 Å². The Balaban J connectivity index is 1.85. The van der Waals surface area contributed by atoms with Crippen LogP contribution in [0.1, 0.15) is 23.6 Å². The minimum atomic E-state index is -0.743. The zero-order valence-corrected chi connectivity index (χ0v) is 15.5. The van der Waals surface area contributed by atoms with Crippen LogP contribution in [0.5, 0.6) is 11.5 Å². The summed E-state index contributed by atoms with van der Waals surface area (Å²) in [6.45, 7) is 5.54. The third-order valence-corrected chi connectivity index (χ3v) is 4.05. The molecular weight excluding hydrogens is 332 g/mol. The van der Waals surface area contributed by atoms with E-state index < -0.39 is 12.0 Å². The third-order valence-electron chi connectivity index (χ3n) is 4.05. The Kier molecular flexibility index (Phi) is 6.60. The number of hydrogen-bond acceptors (Lipinski definition) is 4. The Labute approximate surface area is 153 Å². The largest absolute Gasteiger partial charge is 0.497 e. The lowest BCUT2D eigenvalue weighted by Gasteiger charge is -2.17. The first-order valence-electron chi connectivity index (χ1n) is 8.35. The summed E-state index contributed by atoms with van der Waals surface area (Å²) in [5.41, 5.74) is 7.65. The lowest BCUT2D eigenvalue weighted by molar-refractivity contribution is -0.132. The van der Waals surface area contributed by atoms with Crippen LogP contribution < -0.4 is 20.3 Å². The van der Waals surface area contributed by atoms with Gasteiger partial charge in [-0.25, -0.2) is 0 Å². The van der Waals surface area contributed by atoms with Gasteiger partial charge in [0.05, 0.1) is 13.5 Å². The van der Waals surface area contributed by atoms with E-state index >= 15 is 0 Å². The van der Waals surface area contributed by atoms with E-state index in [1.165, 1.54) is 0 Å². The van der Waals surface area contributed by atoms with Gasteiger partial charge in [0.1, 0.15) is 11.5 Å². The van der Waals surface area contributed by atoms with Crippen LogP contribution in [0.2, 0.25) is 0 Å². The van der Waals surface area contributed by atoms with Crippen molar-refractivity contribution in [3.8, 4) is 11.5 Å². The van der Waals surface area contributed by atoms with Crippen LogP contribution in [-0.2, 0) is 16.0 Å². The zero-order valence-electron chi connectivity index (χ0n) is 15.5. The molecule has 6 heteroatoms. The number of benzene rings is 2. The molecule has 1 atom stereocenters. The summed E-state index contributed by atoms with van der Waals surface area (Å²) in [4.78, 5) is 24.1. The van der Waals surface area contributed by atoms with E-state index in [0.29, 0.717) is 11.5 Å². The van der Waals surface area contributed by atoms with Crippen LogP contribution in [0, 0.1) is 13.8 Å². The first-order chi connectivity index (χ1) is 12.4. The van der Waals surface area contributed by atoms with Crippen molar-refractivity contribution in [1.82, 2.24) is 10.9 Å². The van der Waals surface area contributed by atoms with Gasteiger partial charge in [0, 0.05) is 0 Å². The lowest BCUT2D eigenvalue weighted by Crippen LogP contribution is -2.47. The smallest absolute Gasteiger partial charge is 0.279 e. The fourth-order valence-corrected chi connectivity index (χ4v) is 2.34. The van der Waals surface area contributed by atoms with Crippen molar-refractivity contribution < 1.29 is 19.1 Å². The molecule has 1 unspecified atom stereocenters. The van der Waals surface area contributed by atoms with E-state index in [2.05, 4.69) is 10.9 Å². The number of ether oxygens (including phenoxy) is 2. The van der Waals surface area contributed by atoms with Crippen LogP contribution in [0.25, 0.3) is 0 Å². The van der Waals surface area contributed by atoms with E-state index in [1.54, 1.807) is 32.2 Å². The van der Waals surface area contributed by atoms with Gasteiger partial charge in [0.2, 0.25) is 5.91 Å². The van der Waals surface area contributed by atoms with Gasteiger partial charge in [-0.3, -0.25) is 20.4 Å². The molecule has 2 amide bonds. The number of nitrogens with one attached hydrogen (secondary N) is 2. The summed E-state index contributed by atoms with van der Waals surface area (Å²) < 4.78 is 10.8. The summed E-state index contributed by atoms with van der Waals surface area (Å²) in [5.74, 6) is 0.570. The van der Waals surface area contributed by atoms with Gasteiger partial charge < -0.3 is 9.47 Å². The number of hydrogen-bond donors (Lipinski definition) is 2. The molecule has 0 saturated heterocycles. The average molecular weight is 356 g/mol. The number of hydrazine groups is 1. The van der Waals surface area contributed by atoms with Gasteiger partial charge in [-0.15, -0.1) is 0 Å². The Bertz CT molecular complexity index is 789. The van der Waals surface area contributed by atoms with E-state index in [0.717, 1.165) is 16.7 Å². The lowest BCUT2D eigenvalue weighted by atomic mass is 10.1. The number of rotatable bonds is 6. The molecule has 0 aromatic heterocycles. The number of amides is 2. The van der Waals surface area contributed by atoms with Gasteiger partial charge in [-0.1, -0.05) is 24.3 Å². The predicted molar refractivity (Wildman–Crippen MR) is 99.0 cm³/mol. The van der Waals surface area contributed by atoms with Crippen LogP contribution in [0.4, 0.5) is 0 Å². The third kappa shape index (κ3) is 5.24. The van der Waals surface area contributed by atoms with Crippen molar-refractivity contribution in [3.05, 3.63) is 59.2 Å². The molecule has 26 heavy (non-hydrogen) atoms. The van der Waals surface area contributed by atoms with E-state index in [1.807, 2.05) is 38.1 Å². The molecule has 0 heterocycles. The molecule has 0 aliphatic rings. The molecule has 2 aromatic carbocycles. The Morgan fingerprint density at radius 2 is 1.81 bits per heavy atom. The molecule has 2 N–H and O–H groups in total. The highest BCUT2D eigenvalue weighted by Gasteiger charge is 2.16. The highest BCUT2D eigenvalue weighted by Crippen LogP contribution is 2.21. The van der Waals surface area contributed by atoms with Gasteiger partial charge >= 0.3 is 0 Å². The van der Waals surface area contributed by atoms with Crippen LogP contribution in [0.3, 0.4) is 0 Å². The molecule has 0 radical (unpaired) electrons. The summed E-state index contributed by atoms with van der Waals surface area (Å²) in [5, 5.41) is 0. The summed E-state index contributed by atoms with van der Waals surface area (Å²) in [6.07, 6.45) is -0.614. The first kappa shape index (κ1) is 19.3. The monoisotopic (exact) mass is 356 g/mol. The SMILES string of the molecule is COc1cccc(CC(=O)NNC(=O)C(C)Oc2cccc(C)c2C)c1. The standard InChI is InChI=1S/C20H24N2O4/c1-13-7-5-10-18(14(13)2)26-15(3)20(24)22-21-19(23)12-16-8-6-9-17(11-16)25-4/h5-11,15H,12H2,1-4H3,(H,21,23)(H,22,24). The maximum atomic E-state index is 12.1. The number of aryl methyl sites for hydroxylation is 1. The summed E-state index contributed by atoms with van der Waals surface area (Å²) >= 11 is 0. The van der Waals surface area contributed by atoms with E-state index in [9.17, 15) is 9.59 Å². The summed E-state index contributed by atoms with van der Waals surface area (Å²) in [6, 6.07) is 12.9. The molecule has 0 aliphatic heterocycles. The van der Waals surface area contributed by atoms with E-state index in [4.69, 9.17) is 9.47 Å². The van der Waals surface area contributed by atoms with Gasteiger partial charge in [-0.05, 0) is 55.7 Å². The maximum Gasteiger partial charge on any atom is 0.279 e. The normalized spacial score (nSPS) is 11.4. The van der Waals surface area contributed by atoms with Crippen LogP contribution in [0.15, 0.2) is 42.5 Å². The fraction of sp³-hybridized carbons (Fsp3) is 0.300. The highest BCUT2D eigenvalue weighted by molar-refractivity contribution is 5.85. The molecule has 0 aliphatic carbocycles. The molecule has 138 valence electrons. The second-order valence-electron chi connectivity index (χ2n) is 6.02. The molecule has 0 spiro atoms. The average Bonchev–Trinajstić information content (AvgIpc) is 2.63. The second-order valence-corrected chi connectivity index (χ2v) is 6.02. The minimum Gasteiger partial charge on any atom is -0.497 e. The zero-order chi connectivity index (χ0) is 19.1. The maximum absolute atomic E-state index is 12.1. The predicted octanol–water partition coefficient (Wildman–Crippen LogP) is 2.47. The highest BCUT2D eigenvalue weighted by atomic mass is 16.5. The Hall–Kier alpha value is -3.02. The fourth-order valence-electron chi connectivity index (χ4n) is 2.34. The molecule has 0 bridgehead atoms. The topological polar surface area (TPSA) is 76.7 Å². The molecule has 0 fully saturated rings. The van der Waals surface area contributed by atoms with Crippen LogP contribution in [-0.4, -0.2) is 25.0 Å². The summed E-state index contributed by atoms with van der Waals surface area (Å²) in [7, 11) is 1.57. The number of carbonyl (C=O) groups is 2. The molecule has 6 nitrogen and oxygen atoms in total. The molecule has 0 saturated carbocycles. The molecular formula is C20H24N2O4. The van der Waals surface area contributed by atoms with Gasteiger partial charge in [-0.2, -0.15) is 0 Å². The van der Waals surface area contributed by atoms with Crippen molar-refractivity contribution in [2.45, 2.75) is 33.3 Å². The first-order valence-corrected chi connectivity index (χ1v) is 8.35. The van der Waals surface area contributed by atoms with Crippen molar-refractivity contribution in [2.24, 2.45) is 0 Å². The second kappa shape index (κ2) is 8.89. The van der Waals surface area contributed by atoms with E-state index in [-0.39, 0.29) is 12.3 Å². The van der Waals surface area contributed by atoms with Crippen LogP contribution >= 0.6 is 0 Å². The van der Waals surface area contributed by atoms with Gasteiger partial charge in [0.25, 0.3) is 5.91 Å². The molecule has 2 rings (SSSR count). The van der Waals surface area contributed by atoms with Crippen molar-refractivity contribution in [2.75, 3.05) is 7.11 Å². The van der Waals surface area contributed by atoms with Gasteiger partial charge in [0.15, 0.2) is 6.10 Å². The van der Waals surface area contributed by atoms with Crippen molar-refractivity contribution in [1.29, 1.82) is 0 Å². The number of carbonyl (C=O) groups excluding carboxylic acids is 2.